The Morgan fingerprint density at radius 1 is 1.11 bits per heavy atom. The zero-order chi connectivity index (χ0) is 32.0. The highest BCUT2D eigenvalue weighted by Gasteiger charge is 2.31. The van der Waals surface area contributed by atoms with Crippen molar-refractivity contribution < 1.29 is 37.8 Å². The predicted octanol–water partition coefficient (Wildman–Crippen LogP) is 2.87. The maximum absolute atomic E-state index is 14.6. The van der Waals surface area contributed by atoms with Gasteiger partial charge in [-0.3, -0.25) is 19.2 Å². The third-order valence-electron chi connectivity index (χ3n) is 7.48. The second kappa shape index (κ2) is 14.3. The van der Waals surface area contributed by atoms with Crippen molar-refractivity contribution in [2.75, 3.05) is 51.7 Å². The molecule has 0 saturated carbocycles. The van der Waals surface area contributed by atoms with Gasteiger partial charge in [0, 0.05) is 51.0 Å². The summed E-state index contributed by atoms with van der Waals surface area (Å²) in [5.41, 5.74) is 0.711. The number of nitrogens with zero attached hydrogens (tertiary/aromatic N) is 4. The van der Waals surface area contributed by atoms with E-state index in [2.05, 4.69) is 15.6 Å². The van der Waals surface area contributed by atoms with Gasteiger partial charge in [0.05, 0.1) is 35.5 Å². The lowest BCUT2D eigenvalue weighted by atomic mass is 10.1. The predicted molar refractivity (Wildman–Crippen MR) is 157 cm³/mol. The van der Waals surface area contributed by atoms with Crippen LogP contribution >= 0.6 is 11.6 Å². The number of hydrogen-bond donors (Lipinski definition) is 3. The number of benzene rings is 2. The van der Waals surface area contributed by atoms with E-state index in [4.69, 9.17) is 26.2 Å². The van der Waals surface area contributed by atoms with Crippen LogP contribution in [0.2, 0.25) is 5.02 Å². The van der Waals surface area contributed by atoms with E-state index in [0.717, 1.165) is 13.0 Å². The molecular weight excluding hydrogens is 602 g/mol. The molecule has 0 aliphatic carbocycles. The Labute approximate surface area is 256 Å². The van der Waals surface area contributed by atoms with E-state index < -0.39 is 17.5 Å². The number of carboxylic acid groups (broad SMARTS) is 1. The van der Waals surface area contributed by atoms with Crippen molar-refractivity contribution in [3.8, 4) is 17.0 Å². The van der Waals surface area contributed by atoms with Crippen molar-refractivity contribution in [3.63, 3.8) is 0 Å². The van der Waals surface area contributed by atoms with Gasteiger partial charge in [0.1, 0.15) is 0 Å². The van der Waals surface area contributed by atoms with Crippen molar-refractivity contribution >= 4 is 41.5 Å². The Hall–Kier alpha value is -4.56. The average molecular weight is 633 g/mol. The summed E-state index contributed by atoms with van der Waals surface area (Å²) in [5.74, 6) is -3.29. The number of methoxy groups -OCH3 is 1. The summed E-state index contributed by atoms with van der Waals surface area (Å²) in [6.45, 7) is 3.02. The lowest BCUT2D eigenvalue weighted by Crippen LogP contribution is -2.52. The molecule has 2 aliphatic rings. The van der Waals surface area contributed by atoms with Crippen LogP contribution in [0.15, 0.2) is 36.5 Å². The number of carbonyl (C=O) groups excluding carboxylic acids is 3. The largest absolute Gasteiger partial charge is 0.494 e. The van der Waals surface area contributed by atoms with E-state index in [9.17, 15) is 23.2 Å². The van der Waals surface area contributed by atoms with Gasteiger partial charge in [-0.05, 0) is 43.3 Å². The lowest BCUT2D eigenvalue weighted by molar-refractivity contribution is -0.136. The molecule has 234 valence electrons. The Morgan fingerprint density at radius 2 is 1.80 bits per heavy atom. The zero-order valence-corrected chi connectivity index (χ0v) is 24.7. The van der Waals surface area contributed by atoms with Crippen molar-refractivity contribution in [2.24, 2.45) is 13.0 Å². The molecule has 44 heavy (non-hydrogen) atoms. The molecule has 15 heteroatoms. The highest BCUT2D eigenvalue weighted by Crippen LogP contribution is 2.30. The number of halogens is 3. The Morgan fingerprint density at radius 3 is 2.41 bits per heavy atom. The van der Waals surface area contributed by atoms with Crippen LogP contribution in [0, 0.1) is 17.6 Å². The van der Waals surface area contributed by atoms with Gasteiger partial charge in [-0.25, -0.2) is 9.37 Å². The average Bonchev–Trinajstić information content (AvgIpc) is 3.69. The van der Waals surface area contributed by atoms with Crippen LogP contribution in [0.5, 0.6) is 5.75 Å². The van der Waals surface area contributed by atoms with Gasteiger partial charge in [0.2, 0.25) is 11.7 Å². The molecular formula is C29H31ClF2N6O6. The van der Waals surface area contributed by atoms with E-state index in [1.165, 1.54) is 49.2 Å². The number of amides is 3. The highest BCUT2D eigenvalue weighted by molar-refractivity contribution is 6.34. The maximum Gasteiger partial charge on any atom is 0.291 e. The first-order valence-electron chi connectivity index (χ1n) is 13.6. The molecule has 1 atom stereocenters. The summed E-state index contributed by atoms with van der Waals surface area (Å²) in [4.78, 5) is 54.7. The molecule has 12 nitrogen and oxygen atoms in total. The first kappa shape index (κ1) is 32.4. The minimum atomic E-state index is -1.14. The van der Waals surface area contributed by atoms with Gasteiger partial charge in [-0.15, -0.1) is 0 Å². The standard InChI is InChI=1S/C28H29ClF2N6O4.CH2O2/c1-35-21(19-5-6-22(41-2)24(31)23(19)30)15-33-25(35)26(38)34-17-3-4-18(20(29)13-17)28(40)37-11-9-36(10-12-37)27(39)16-7-8-32-14-16;2-1-3/h3-6,13,15-16,32H,7-12,14H2,1-2H3,(H,34,38);1H,(H,2,3)/t16-;/m0./s1. The third kappa shape index (κ3) is 6.81. The van der Waals surface area contributed by atoms with Crippen molar-refractivity contribution in [1.29, 1.82) is 0 Å². The summed E-state index contributed by atoms with van der Waals surface area (Å²) in [5, 5.41) is 12.9. The summed E-state index contributed by atoms with van der Waals surface area (Å²) in [7, 11) is 2.74. The summed E-state index contributed by atoms with van der Waals surface area (Å²) in [6, 6.07) is 7.17. The smallest absolute Gasteiger partial charge is 0.291 e. The summed E-state index contributed by atoms with van der Waals surface area (Å²) in [6.07, 6.45) is 2.10. The lowest BCUT2D eigenvalue weighted by Gasteiger charge is -2.36. The normalized spacial score (nSPS) is 16.2. The molecule has 0 bridgehead atoms. The van der Waals surface area contributed by atoms with Crippen LogP contribution in [0.4, 0.5) is 14.5 Å². The molecule has 2 aliphatic heterocycles. The van der Waals surface area contributed by atoms with Gasteiger partial charge in [0.15, 0.2) is 17.4 Å². The molecule has 5 rings (SSSR count). The second-order valence-corrected chi connectivity index (χ2v) is 10.4. The van der Waals surface area contributed by atoms with Gasteiger partial charge in [-0.2, -0.15) is 4.39 Å². The van der Waals surface area contributed by atoms with Crippen LogP contribution in [0.25, 0.3) is 11.3 Å². The SMILES string of the molecule is COc1ccc(-c2cnc(C(=O)Nc3ccc(C(=O)N4CCN(C(=O)[C@H]5CCNC5)CC4)c(Cl)c3)n2C)c(F)c1F.O=CO. The van der Waals surface area contributed by atoms with Crippen LogP contribution in [-0.2, 0) is 16.6 Å². The first-order valence-corrected chi connectivity index (χ1v) is 14.0. The molecule has 0 unspecified atom stereocenters. The number of imidazole rings is 1. The van der Waals surface area contributed by atoms with E-state index >= 15 is 0 Å². The number of ether oxygens (including phenoxy) is 1. The fourth-order valence-electron chi connectivity index (χ4n) is 5.14. The van der Waals surface area contributed by atoms with Crippen molar-refractivity contribution in [1.82, 2.24) is 24.7 Å². The van der Waals surface area contributed by atoms with Crippen LogP contribution in [0.3, 0.4) is 0 Å². The molecule has 3 amide bonds. The molecule has 3 heterocycles. The molecule has 2 saturated heterocycles. The van der Waals surface area contributed by atoms with Crippen LogP contribution < -0.4 is 15.4 Å². The number of anilines is 1. The Bertz CT molecular complexity index is 1550. The molecule has 0 radical (unpaired) electrons. The van der Waals surface area contributed by atoms with Crippen LogP contribution in [-0.4, -0.2) is 95.0 Å². The minimum absolute atomic E-state index is 0.00147. The number of nitrogens with one attached hydrogen (secondary N) is 2. The van der Waals surface area contributed by atoms with Crippen molar-refractivity contribution in [2.45, 2.75) is 6.42 Å². The summed E-state index contributed by atoms with van der Waals surface area (Å²) >= 11 is 6.43. The van der Waals surface area contributed by atoms with E-state index in [1.54, 1.807) is 11.0 Å². The van der Waals surface area contributed by atoms with E-state index in [-0.39, 0.29) is 57.6 Å². The number of carbonyl (C=O) groups is 4. The Kier molecular flexibility index (Phi) is 10.5. The number of hydrogen-bond acceptors (Lipinski definition) is 7. The van der Waals surface area contributed by atoms with E-state index in [0.29, 0.717) is 38.4 Å². The second-order valence-electron chi connectivity index (χ2n) is 10.0. The Balaban J connectivity index is 0.00000141. The quantitative estimate of drug-likeness (QED) is 0.352. The number of aromatic nitrogens is 2. The fourth-order valence-corrected chi connectivity index (χ4v) is 5.40. The monoisotopic (exact) mass is 632 g/mol. The molecule has 3 aromatic rings. The van der Waals surface area contributed by atoms with E-state index in [1.807, 2.05) is 4.90 Å². The fraction of sp³-hybridized carbons (Fsp3) is 0.345. The molecule has 1 aromatic heterocycles. The first-order chi connectivity index (χ1) is 21.1. The van der Waals surface area contributed by atoms with Crippen LogP contribution in [0.1, 0.15) is 27.4 Å². The van der Waals surface area contributed by atoms with Gasteiger partial charge in [0.25, 0.3) is 18.3 Å². The highest BCUT2D eigenvalue weighted by atomic mass is 35.5. The number of rotatable bonds is 6. The summed E-state index contributed by atoms with van der Waals surface area (Å²) < 4.78 is 35.0. The third-order valence-corrected chi connectivity index (χ3v) is 7.79. The maximum atomic E-state index is 14.6. The van der Waals surface area contributed by atoms with Gasteiger partial charge in [-0.1, -0.05) is 11.6 Å². The molecule has 2 aromatic carbocycles. The molecule has 3 N–H and O–H groups in total. The van der Waals surface area contributed by atoms with Crippen molar-refractivity contribution in [3.05, 3.63) is 64.6 Å². The molecule has 0 spiro atoms. The number of piperazine rings is 1. The minimum Gasteiger partial charge on any atom is -0.494 e. The molecule has 2 fully saturated rings. The van der Waals surface area contributed by atoms with Gasteiger partial charge >= 0.3 is 0 Å². The topological polar surface area (TPSA) is 146 Å². The van der Waals surface area contributed by atoms with Gasteiger partial charge < -0.3 is 34.8 Å². The zero-order valence-electron chi connectivity index (χ0n) is 24.0.